The largest absolute Gasteiger partial charge is 0.220 e. The minimum absolute atomic E-state index is 0.0818. The van der Waals surface area contributed by atoms with E-state index in [4.69, 9.17) is 0 Å². The molecule has 0 aliphatic heterocycles. The summed E-state index contributed by atoms with van der Waals surface area (Å²) >= 11 is 0. The van der Waals surface area contributed by atoms with Crippen LogP contribution >= 0.6 is 0 Å². The number of rotatable bonds is 3. The molecule has 1 fully saturated rings. The van der Waals surface area contributed by atoms with Crippen molar-refractivity contribution in [1.29, 1.82) is 0 Å². The maximum absolute atomic E-state index is 14.5. The number of hydrogen-bond donors (Lipinski definition) is 0. The average Bonchev–Trinajstić information content (AvgIpc) is 2.75. The summed E-state index contributed by atoms with van der Waals surface area (Å²) in [6.07, 6.45) is 9.17. The van der Waals surface area contributed by atoms with Crippen LogP contribution in [0.25, 0.3) is 22.0 Å². The monoisotopic (exact) mass is 420 g/mol. The lowest BCUT2D eigenvalue weighted by molar-refractivity contribution is -0.659. The molecule has 1 nitrogen and oxygen atoms in total. The summed E-state index contributed by atoms with van der Waals surface area (Å²) in [5.41, 5.74) is 5.71. The van der Waals surface area contributed by atoms with Crippen molar-refractivity contribution in [3.05, 3.63) is 59.0 Å². The highest BCUT2D eigenvalue weighted by Crippen LogP contribution is 2.37. The van der Waals surface area contributed by atoms with Crippen LogP contribution in [0.4, 0.5) is 4.39 Å². The van der Waals surface area contributed by atoms with Gasteiger partial charge in [0, 0.05) is 6.07 Å². The molecule has 30 heavy (non-hydrogen) atoms. The van der Waals surface area contributed by atoms with E-state index in [1.807, 2.05) is 26.8 Å². The van der Waals surface area contributed by atoms with Gasteiger partial charge in [0.1, 0.15) is 12.9 Å². The third-order valence-corrected chi connectivity index (χ3v) is 12.2. The van der Waals surface area contributed by atoms with E-state index in [0.29, 0.717) is 5.56 Å². The lowest BCUT2D eigenvalue weighted by Gasteiger charge is -2.36. The highest BCUT2D eigenvalue weighted by molar-refractivity contribution is 6.91. The first-order valence-electron chi connectivity index (χ1n) is 11.4. The summed E-state index contributed by atoms with van der Waals surface area (Å²) in [7, 11) is 0.595. The van der Waals surface area contributed by atoms with Crippen LogP contribution in [0.3, 0.4) is 0 Å². The molecule has 2 aromatic carbocycles. The van der Waals surface area contributed by atoms with E-state index in [0.717, 1.165) is 22.2 Å². The predicted octanol–water partition coefficient (Wildman–Crippen LogP) is 6.65. The Balaban J connectivity index is 1.87. The van der Waals surface area contributed by atoms with Crippen molar-refractivity contribution < 1.29 is 8.96 Å². The van der Waals surface area contributed by atoms with Crippen LogP contribution in [-0.2, 0) is 7.05 Å². The van der Waals surface area contributed by atoms with Gasteiger partial charge in [0.2, 0.25) is 5.69 Å². The number of halogens is 1. The second-order valence-corrected chi connectivity index (χ2v) is 14.8. The predicted molar refractivity (Wildman–Crippen MR) is 129 cm³/mol. The number of pyridine rings is 1. The minimum atomic E-state index is -1.50. The van der Waals surface area contributed by atoms with Gasteiger partial charge in [0.05, 0.1) is 19.0 Å². The summed E-state index contributed by atoms with van der Waals surface area (Å²) < 4.78 is 16.6. The van der Waals surface area contributed by atoms with Gasteiger partial charge in [-0.3, -0.25) is 0 Å². The van der Waals surface area contributed by atoms with E-state index in [1.54, 1.807) is 5.19 Å². The van der Waals surface area contributed by atoms with Gasteiger partial charge in [-0.1, -0.05) is 62.5 Å². The molecule has 3 aromatic rings. The van der Waals surface area contributed by atoms with E-state index in [-0.39, 0.29) is 5.82 Å². The standard InChI is InChI=1S/C27H35FNSi/c1-18-16-25(19(2)20(3)26(18)28)27-24-13-12-23(17-21(24)14-15-29(27)4)30(5,6)22-10-8-7-9-11-22/h12-17,22H,7-11H2,1-6H3/q+1. The fourth-order valence-corrected chi connectivity index (χ4v) is 8.83. The molecular formula is C27H35FNSi+. The van der Waals surface area contributed by atoms with Gasteiger partial charge in [-0.05, 0) is 60.5 Å². The summed E-state index contributed by atoms with van der Waals surface area (Å²) in [5, 5.41) is 4.13. The summed E-state index contributed by atoms with van der Waals surface area (Å²) in [6.45, 7) is 10.9. The van der Waals surface area contributed by atoms with Gasteiger partial charge >= 0.3 is 0 Å². The first-order chi connectivity index (χ1) is 14.2. The molecule has 1 aliphatic rings. The molecule has 4 rings (SSSR count). The third-order valence-electron chi connectivity index (χ3n) is 7.76. The van der Waals surface area contributed by atoms with Gasteiger partial charge in [-0.2, -0.15) is 0 Å². The maximum atomic E-state index is 14.5. The summed E-state index contributed by atoms with van der Waals surface area (Å²) in [4.78, 5) is 0. The number of fused-ring (bicyclic) bond motifs is 1. The van der Waals surface area contributed by atoms with Crippen molar-refractivity contribution in [1.82, 2.24) is 0 Å². The molecule has 0 N–H and O–H groups in total. The lowest BCUT2D eigenvalue weighted by atomic mass is 9.94. The zero-order valence-corrected chi connectivity index (χ0v) is 20.4. The van der Waals surface area contributed by atoms with Crippen LogP contribution in [0.5, 0.6) is 0 Å². The smallest absolute Gasteiger partial charge is 0.206 e. The zero-order chi connectivity index (χ0) is 21.6. The molecule has 3 heteroatoms. The zero-order valence-electron chi connectivity index (χ0n) is 19.4. The van der Waals surface area contributed by atoms with Gasteiger partial charge in [0.25, 0.3) is 0 Å². The topological polar surface area (TPSA) is 3.88 Å². The molecule has 1 heterocycles. The van der Waals surface area contributed by atoms with Crippen LogP contribution in [0.2, 0.25) is 18.6 Å². The van der Waals surface area contributed by atoms with Crippen LogP contribution in [0, 0.1) is 26.6 Å². The molecule has 0 bridgehead atoms. The second-order valence-electron chi connectivity index (χ2n) is 9.94. The molecule has 1 saturated carbocycles. The number of nitrogens with zero attached hydrogens (tertiary/aromatic N) is 1. The SMILES string of the molecule is Cc1cc(-c2c3ccc([Si](C)(C)C4CCCCC4)cc3cc[n+]2C)c(C)c(C)c1F. The third kappa shape index (κ3) is 3.51. The van der Waals surface area contributed by atoms with Gasteiger partial charge in [0.15, 0.2) is 6.20 Å². The van der Waals surface area contributed by atoms with E-state index >= 15 is 0 Å². The highest BCUT2D eigenvalue weighted by atomic mass is 28.3. The number of benzene rings is 2. The maximum Gasteiger partial charge on any atom is 0.220 e. The Labute approximate surface area is 182 Å². The van der Waals surface area contributed by atoms with E-state index in [1.165, 1.54) is 48.6 Å². The first-order valence-corrected chi connectivity index (χ1v) is 14.5. The lowest BCUT2D eigenvalue weighted by Crippen LogP contribution is -2.46. The van der Waals surface area contributed by atoms with E-state index in [2.05, 4.69) is 55.2 Å². The van der Waals surface area contributed by atoms with Crippen molar-refractivity contribution in [3.8, 4) is 11.3 Å². The van der Waals surface area contributed by atoms with Gasteiger partial charge in [-0.25, -0.2) is 8.96 Å². The fraction of sp³-hybridized carbons (Fsp3) is 0.444. The molecule has 0 spiro atoms. The van der Waals surface area contributed by atoms with Crippen LogP contribution in [0.15, 0.2) is 36.5 Å². The molecule has 158 valence electrons. The molecular weight excluding hydrogens is 385 g/mol. The molecule has 0 unspecified atom stereocenters. The van der Waals surface area contributed by atoms with Crippen molar-refractivity contribution >= 4 is 24.0 Å². The number of aryl methyl sites for hydroxylation is 2. The van der Waals surface area contributed by atoms with Crippen LogP contribution in [-0.4, -0.2) is 8.07 Å². The summed E-state index contributed by atoms with van der Waals surface area (Å²) in [6, 6.07) is 11.4. The van der Waals surface area contributed by atoms with E-state index in [9.17, 15) is 4.39 Å². The molecule has 1 aliphatic carbocycles. The Kier molecular flexibility index (Phi) is 5.61. The van der Waals surface area contributed by atoms with Crippen molar-refractivity contribution in [2.24, 2.45) is 7.05 Å². The summed E-state index contributed by atoms with van der Waals surface area (Å²) in [5.74, 6) is -0.0818. The Morgan fingerprint density at radius 3 is 2.33 bits per heavy atom. The van der Waals surface area contributed by atoms with Crippen LogP contribution in [0.1, 0.15) is 48.8 Å². The second kappa shape index (κ2) is 7.92. The number of aromatic nitrogens is 1. The average molecular weight is 421 g/mol. The van der Waals surface area contributed by atoms with Crippen molar-refractivity contribution in [3.63, 3.8) is 0 Å². The molecule has 0 saturated heterocycles. The fourth-order valence-electron chi connectivity index (χ4n) is 5.47. The molecule has 0 atom stereocenters. The normalized spacial score (nSPS) is 15.7. The Bertz CT molecular complexity index is 1110. The molecule has 1 aromatic heterocycles. The van der Waals surface area contributed by atoms with Gasteiger partial charge in [-0.15, -0.1) is 0 Å². The number of hydrogen-bond acceptors (Lipinski definition) is 0. The Morgan fingerprint density at radius 2 is 1.63 bits per heavy atom. The molecule has 0 amide bonds. The van der Waals surface area contributed by atoms with Crippen LogP contribution < -0.4 is 9.75 Å². The van der Waals surface area contributed by atoms with Crippen molar-refractivity contribution in [2.75, 3.05) is 0 Å². The minimum Gasteiger partial charge on any atom is -0.206 e. The van der Waals surface area contributed by atoms with Gasteiger partial charge < -0.3 is 0 Å². The Hall–Kier alpha value is -2.00. The Morgan fingerprint density at radius 1 is 0.933 bits per heavy atom. The quantitative estimate of drug-likeness (QED) is 0.330. The van der Waals surface area contributed by atoms with Crippen molar-refractivity contribution in [2.45, 2.75) is 71.5 Å². The first kappa shape index (κ1) is 21.2. The molecule has 0 radical (unpaired) electrons. The highest BCUT2D eigenvalue weighted by Gasteiger charge is 2.34. The van der Waals surface area contributed by atoms with E-state index < -0.39 is 8.07 Å².